The lowest BCUT2D eigenvalue weighted by Gasteiger charge is -2.20. The van der Waals surface area contributed by atoms with E-state index in [2.05, 4.69) is 25.5 Å². The Hall–Kier alpha value is -3.82. The van der Waals surface area contributed by atoms with Crippen LogP contribution in [0, 0.1) is 11.7 Å². The van der Waals surface area contributed by atoms with Crippen LogP contribution < -0.4 is 10.5 Å². The van der Waals surface area contributed by atoms with Crippen molar-refractivity contribution in [2.24, 2.45) is 13.0 Å². The van der Waals surface area contributed by atoms with Gasteiger partial charge in [0.05, 0.1) is 17.1 Å². The molecule has 1 atom stereocenters. The Balaban J connectivity index is 1.60. The van der Waals surface area contributed by atoms with Crippen LogP contribution in [0.5, 0.6) is 5.75 Å². The highest BCUT2D eigenvalue weighted by Crippen LogP contribution is 2.38. The monoisotopic (exact) mass is 446 g/mol. The maximum atomic E-state index is 14.3. The summed E-state index contributed by atoms with van der Waals surface area (Å²) in [5, 5.41) is 18.2. The first-order valence-electron chi connectivity index (χ1n) is 11.0. The van der Waals surface area contributed by atoms with Gasteiger partial charge in [-0.3, -0.25) is 0 Å². The fraction of sp³-hybridized carbons (Fsp3) is 0.348. The highest BCUT2D eigenvalue weighted by molar-refractivity contribution is 5.70. The van der Waals surface area contributed by atoms with E-state index in [-0.39, 0.29) is 11.6 Å². The number of nitrogens with two attached hydrogens (primary N) is 1. The Morgan fingerprint density at radius 1 is 1.18 bits per heavy atom. The lowest BCUT2D eigenvalue weighted by Crippen LogP contribution is -2.10. The van der Waals surface area contributed by atoms with E-state index in [4.69, 9.17) is 10.5 Å². The third-order valence-electron chi connectivity index (χ3n) is 6.22. The number of anilines is 1. The molecular formula is C23H23FN8O. The highest BCUT2D eigenvalue weighted by atomic mass is 19.1. The molecule has 9 nitrogen and oxygen atoms in total. The van der Waals surface area contributed by atoms with Gasteiger partial charge < -0.3 is 10.5 Å². The summed E-state index contributed by atoms with van der Waals surface area (Å²) in [6.07, 6.45) is 4.03. The SMILES string of the molecule is CC1Oc2cc(cnc2N)-c2c(nnn2CC2CC2)Cc2nn(C)nc2-c2ccc(F)cc21. The van der Waals surface area contributed by atoms with Gasteiger partial charge in [-0.2, -0.15) is 15.0 Å². The van der Waals surface area contributed by atoms with Crippen molar-refractivity contribution in [3.05, 3.63) is 53.2 Å². The van der Waals surface area contributed by atoms with Crippen LogP contribution in [0.25, 0.3) is 22.5 Å². The standard InChI is InChI=1S/C23H23FN8O/c1-12-17-8-15(24)5-6-16(17)21-18(28-31(2)29-21)9-19-22(32(30-27-19)11-13-3-4-13)14-7-20(33-12)23(25)26-10-14/h5-8,10,12-13H,3-4,9,11H2,1-2H3,(H2,25,26). The molecule has 1 aliphatic carbocycles. The summed E-state index contributed by atoms with van der Waals surface area (Å²) >= 11 is 0. The number of benzene rings is 1. The van der Waals surface area contributed by atoms with Crippen LogP contribution in [0.3, 0.4) is 0 Å². The number of aromatic nitrogens is 7. The topological polar surface area (TPSA) is 110 Å². The second-order valence-electron chi connectivity index (χ2n) is 8.77. The number of aryl methyl sites for hydroxylation is 1. The Morgan fingerprint density at radius 3 is 2.85 bits per heavy atom. The molecular weight excluding hydrogens is 423 g/mol. The van der Waals surface area contributed by atoms with E-state index in [1.54, 1.807) is 19.3 Å². The van der Waals surface area contributed by atoms with Gasteiger partial charge in [0.1, 0.15) is 17.6 Å². The van der Waals surface area contributed by atoms with Gasteiger partial charge in [0.15, 0.2) is 11.6 Å². The van der Waals surface area contributed by atoms with Gasteiger partial charge >= 0.3 is 0 Å². The van der Waals surface area contributed by atoms with Gasteiger partial charge in [-0.1, -0.05) is 5.21 Å². The highest BCUT2D eigenvalue weighted by Gasteiger charge is 2.28. The number of nitrogens with zero attached hydrogens (tertiary/aromatic N) is 7. The summed E-state index contributed by atoms with van der Waals surface area (Å²) < 4.78 is 22.4. The predicted octanol–water partition coefficient (Wildman–Crippen LogP) is 3.31. The van der Waals surface area contributed by atoms with Crippen molar-refractivity contribution in [3.63, 3.8) is 0 Å². The number of fused-ring (bicyclic) bond motifs is 7. The van der Waals surface area contributed by atoms with Crippen molar-refractivity contribution in [2.75, 3.05) is 5.73 Å². The van der Waals surface area contributed by atoms with Crippen LogP contribution in [0.15, 0.2) is 30.5 Å². The number of ether oxygens (including phenoxy) is 1. The second-order valence-corrected chi connectivity index (χ2v) is 8.77. The van der Waals surface area contributed by atoms with Crippen LogP contribution in [0.2, 0.25) is 0 Å². The van der Waals surface area contributed by atoms with Crippen molar-refractivity contribution in [3.8, 4) is 28.3 Å². The minimum absolute atomic E-state index is 0.267. The van der Waals surface area contributed by atoms with Gasteiger partial charge in [0.25, 0.3) is 0 Å². The van der Waals surface area contributed by atoms with E-state index >= 15 is 0 Å². The first-order valence-corrected chi connectivity index (χ1v) is 11.0. The van der Waals surface area contributed by atoms with E-state index in [1.807, 2.05) is 17.7 Å². The third kappa shape index (κ3) is 3.51. The summed E-state index contributed by atoms with van der Waals surface area (Å²) in [5.41, 5.74) is 11.4. The molecule has 1 aromatic carbocycles. The smallest absolute Gasteiger partial charge is 0.166 e. The number of nitrogen functional groups attached to an aromatic ring is 1. The molecule has 2 bridgehead atoms. The van der Waals surface area contributed by atoms with E-state index in [0.29, 0.717) is 29.3 Å². The first kappa shape index (κ1) is 19.8. The van der Waals surface area contributed by atoms with Gasteiger partial charge in [0, 0.05) is 42.9 Å². The van der Waals surface area contributed by atoms with Gasteiger partial charge in [-0.25, -0.2) is 14.1 Å². The van der Waals surface area contributed by atoms with Crippen LogP contribution in [0.1, 0.15) is 42.8 Å². The van der Waals surface area contributed by atoms with E-state index in [0.717, 1.165) is 34.8 Å². The molecule has 1 saturated carbocycles. The van der Waals surface area contributed by atoms with Gasteiger partial charge in [-0.15, -0.1) is 5.10 Å². The molecule has 168 valence electrons. The van der Waals surface area contributed by atoms with Crippen LogP contribution in [-0.2, 0) is 20.0 Å². The largest absolute Gasteiger partial charge is 0.482 e. The molecule has 33 heavy (non-hydrogen) atoms. The molecule has 0 saturated heterocycles. The molecule has 1 unspecified atom stereocenters. The van der Waals surface area contributed by atoms with E-state index < -0.39 is 6.10 Å². The number of rotatable bonds is 2. The minimum atomic E-state index is -0.502. The molecule has 2 aliphatic rings. The quantitative estimate of drug-likeness (QED) is 0.503. The second kappa shape index (κ2) is 7.36. The molecule has 0 amide bonds. The third-order valence-corrected chi connectivity index (χ3v) is 6.22. The molecule has 4 aromatic rings. The summed E-state index contributed by atoms with van der Waals surface area (Å²) in [5.74, 6) is 0.958. The molecule has 10 heteroatoms. The fourth-order valence-corrected chi connectivity index (χ4v) is 4.41. The zero-order valence-corrected chi connectivity index (χ0v) is 18.4. The van der Waals surface area contributed by atoms with Crippen LogP contribution in [0.4, 0.5) is 10.2 Å². The molecule has 4 heterocycles. The fourth-order valence-electron chi connectivity index (χ4n) is 4.41. The molecule has 2 N–H and O–H groups in total. The average molecular weight is 446 g/mol. The number of pyridine rings is 1. The lowest BCUT2D eigenvalue weighted by molar-refractivity contribution is 0.227. The Morgan fingerprint density at radius 2 is 2.03 bits per heavy atom. The maximum absolute atomic E-state index is 14.3. The van der Waals surface area contributed by atoms with Crippen LogP contribution >= 0.6 is 0 Å². The molecule has 6 rings (SSSR count). The Labute approximate surface area is 189 Å². The number of hydrogen-bond acceptors (Lipinski definition) is 7. The normalized spacial score (nSPS) is 17.2. The predicted molar refractivity (Wildman–Crippen MR) is 119 cm³/mol. The van der Waals surface area contributed by atoms with Gasteiger partial charge in [-0.05, 0) is 49.9 Å². The van der Waals surface area contributed by atoms with E-state index in [1.165, 1.54) is 29.8 Å². The van der Waals surface area contributed by atoms with Crippen molar-refractivity contribution >= 4 is 5.82 Å². The zero-order chi connectivity index (χ0) is 22.7. The van der Waals surface area contributed by atoms with Crippen molar-refractivity contribution < 1.29 is 9.13 Å². The van der Waals surface area contributed by atoms with Crippen molar-refractivity contribution in [1.82, 2.24) is 35.0 Å². The molecule has 1 fully saturated rings. The Bertz CT molecular complexity index is 1370. The summed E-state index contributed by atoms with van der Waals surface area (Å²) in [4.78, 5) is 5.90. The maximum Gasteiger partial charge on any atom is 0.166 e. The first-order chi connectivity index (χ1) is 16.0. The molecule has 3 aromatic heterocycles. The lowest BCUT2D eigenvalue weighted by atomic mass is 9.97. The van der Waals surface area contributed by atoms with Crippen LogP contribution in [-0.4, -0.2) is 35.0 Å². The average Bonchev–Trinajstić information content (AvgIpc) is 3.41. The Kier molecular flexibility index (Phi) is 4.42. The van der Waals surface area contributed by atoms with Gasteiger partial charge in [0.2, 0.25) is 0 Å². The van der Waals surface area contributed by atoms with Crippen molar-refractivity contribution in [1.29, 1.82) is 0 Å². The molecule has 0 radical (unpaired) electrons. The zero-order valence-electron chi connectivity index (χ0n) is 18.4. The summed E-state index contributed by atoms with van der Waals surface area (Å²) in [6.45, 7) is 2.66. The summed E-state index contributed by atoms with van der Waals surface area (Å²) in [6, 6.07) is 6.47. The molecule has 0 spiro atoms. The van der Waals surface area contributed by atoms with Crippen molar-refractivity contribution in [2.45, 2.75) is 38.8 Å². The number of halogens is 1. The minimum Gasteiger partial charge on any atom is -0.482 e. The summed E-state index contributed by atoms with van der Waals surface area (Å²) in [7, 11) is 1.77. The number of hydrogen-bond donors (Lipinski definition) is 1. The molecule has 1 aliphatic heterocycles. The van der Waals surface area contributed by atoms with E-state index in [9.17, 15) is 4.39 Å².